The fourth-order valence-electron chi connectivity index (χ4n) is 5.96. The molecule has 1 aliphatic heterocycles. The molecule has 0 spiro atoms. The Morgan fingerprint density at radius 3 is 2.26 bits per heavy atom. The number of nitrogens with one attached hydrogen (secondary N) is 3. The largest absolute Gasteiger partial charge is 0.496 e. The standard InChI is InChI=1S/C30H30N4O4/c1-36-17-12-26(37-2)21(27(13-17)38-3)15-30(22-16-32-23-10-6-5-9-19(22)23)28-20(14-25(34-30)29(31)35)18-8-4-7-11-24(18)33-28/h4-13,16,25,32-34H,14-15H2,1-3H3,(H2,31,35)/t25-,30+/m1/s1. The van der Waals surface area contributed by atoms with Crippen LogP contribution in [0.5, 0.6) is 17.2 Å². The number of hydrogen-bond donors (Lipinski definition) is 4. The number of rotatable bonds is 7. The van der Waals surface area contributed by atoms with Crippen LogP contribution in [0.1, 0.15) is 22.4 Å². The van der Waals surface area contributed by atoms with Gasteiger partial charge in [-0.15, -0.1) is 0 Å². The molecular weight excluding hydrogens is 480 g/mol. The molecule has 8 heteroatoms. The van der Waals surface area contributed by atoms with Crippen molar-refractivity contribution in [1.29, 1.82) is 0 Å². The van der Waals surface area contributed by atoms with E-state index in [4.69, 9.17) is 19.9 Å². The third-order valence-corrected chi connectivity index (χ3v) is 7.72. The van der Waals surface area contributed by atoms with Gasteiger partial charge in [-0.05, 0) is 24.1 Å². The highest BCUT2D eigenvalue weighted by Crippen LogP contribution is 2.47. The van der Waals surface area contributed by atoms with Crippen LogP contribution >= 0.6 is 0 Å². The summed E-state index contributed by atoms with van der Waals surface area (Å²) in [4.78, 5) is 19.9. The molecule has 0 radical (unpaired) electrons. The Morgan fingerprint density at radius 2 is 1.61 bits per heavy atom. The van der Waals surface area contributed by atoms with Crippen molar-refractivity contribution in [3.05, 3.63) is 89.2 Å². The highest BCUT2D eigenvalue weighted by atomic mass is 16.5. The van der Waals surface area contributed by atoms with Crippen molar-refractivity contribution in [2.45, 2.75) is 24.4 Å². The minimum absolute atomic E-state index is 0.404. The summed E-state index contributed by atoms with van der Waals surface area (Å²) < 4.78 is 17.2. The third-order valence-electron chi connectivity index (χ3n) is 7.72. The molecule has 0 saturated heterocycles. The molecule has 8 nitrogen and oxygen atoms in total. The quantitative estimate of drug-likeness (QED) is 0.263. The number of carbonyl (C=O) groups is 1. The molecule has 5 N–H and O–H groups in total. The van der Waals surface area contributed by atoms with E-state index in [1.807, 2.05) is 48.7 Å². The number of aromatic amines is 2. The average Bonchev–Trinajstić information content (AvgIpc) is 3.55. The summed E-state index contributed by atoms with van der Waals surface area (Å²) in [6.45, 7) is 0. The summed E-state index contributed by atoms with van der Waals surface area (Å²) in [5.41, 5.74) is 11.0. The Balaban J connectivity index is 1.69. The monoisotopic (exact) mass is 510 g/mol. The first-order chi connectivity index (χ1) is 18.5. The Kier molecular flexibility index (Phi) is 5.76. The first-order valence-corrected chi connectivity index (χ1v) is 12.5. The van der Waals surface area contributed by atoms with Gasteiger partial charge < -0.3 is 29.9 Å². The third kappa shape index (κ3) is 3.60. The first kappa shape index (κ1) is 23.9. The van der Waals surface area contributed by atoms with Gasteiger partial charge in [0.15, 0.2) is 0 Å². The van der Waals surface area contributed by atoms with E-state index in [9.17, 15) is 4.79 Å². The lowest BCUT2D eigenvalue weighted by molar-refractivity contribution is -0.120. The second-order valence-corrected chi connectivity index (χ2v) is 9.67. The van der Waals surface area contributed by atoms with Crippen molar-refractivity contribution in [2.75, 3.05) is 21.3 Å². The number of aromatic nitrogens is 2. The molecule has 194 valence electrons. The Bertz CT molecular complexity index is 1640. The smallest absolute Gasteiger partial charge is 0.234 e. The maximum Gasteiger partial charge on any atom is 0.234 e. The minimum Gasteiger partial charge on any atom is -0.496 e. The molecular formula is C30H30N4O4. The number of nitrogens with two attached hydrogens (primary N) is 1. The molecule has 0 fully saturated rings. The van der Waals surface area contributed by atoms with Crippen LogP contribution < -0.4 is 25.3 Å². The fraction of sp³-hybridized carbons (Fsp3) is 0.233. The van der Waals surface area contributed by atoms with Crippen molar-refractivity contribution in [1.82, 2.24) is 15.3 Å². The number of para-hydroxylation sites is 2. The topological polar surface area (TPSA) is 114 Å². The molecule has 2 aromatic heterocycles. The lowest BCUT2D eigenvalue weighted by Gasteiger charge is -2.42. The van der Waals surface area contributed by atoms with E-state index in [-0.39, 0.29) is 0 Å². The maximum atomic E-state index is 12.8. The van der Waals surface area contributed by atoms with Crippen LogP contribution in [0.4, 0.5) is 0 Å². The fourth-order valence-corrected chi connectivity index (χ4v) is 5.96. The number of fused-ring (bicyclic) bond motifs is 4. The van der Waals surface area contributed by atoms with Crippen LogP contribution in [-0.2, 0) is 23.2 Å². The van der Waals surface area contributed by atoms with Crippen molar-refractivity contribution in [3.63, 3.8) is 0 Å². The molecule has 0 aliphatic carbocycles. The molecule has 6 rings (SSSR count). The van der Waals surface area contributed by atoms with Gasteiger partial charge in [0.05, 0.1) is 32.9 Å². The van der Waals surface area contributed by atoms with E-state index in [1.54, 1.807) is 21.3 Å². The van der Waals surface area contributed by atoms with Crippen molar-refractivity contribution < 1.29 is 19.0 Å². The Morgan fingerprint density at radius 1 is 0.947 bits per heavy atom. The van der Waals surface area contributed by atoms with Crippen LogP contribution in [0.2, 0.25) is 0 Å². The van der Waals surface area contributed by atoms with E-state index in [1.165, 1.54) is 0 Å². The number of hydrogen-bond acceptors (Lipinski definition) is 5. The van der Waals surface area contributed by atoms with Gasteiger partial charge in [0, 0.05) is 63.4 Å². The molecule has 0 unspecified atom stereocenters. The number of H-pyrrole nitrogens is 2. The number of ether oxygens (including phenoxy) is 3. The maximum absolute atomic E-state index is 12.8. The number of amides is 1. The van der Waals surface area contributed by atoms with Gasteiger partial charge in [0.1, 0.15) is 17.2 Å². The lowest BCUT2D eigenvalue weighted by atomic mass is 9.74. The molecule has 0 saturated carbocycles. The van der Waals surface area contributed by atoms with E-state index >= 15 is 0 Å². The summed E-state index contributed by atoms with van der Waals surface area (Å²) in [5.74, 6) is 1.47. The zero-order valence-electron chi connectivity index (χ0n) is 21.6. The van der Waals surface area contributed by atoms with Gasteiger partial charge in [-0.3, -0.25) is 10.1 Å². The lowest BCUT2D eigenvalue weighted by Crippen LogP contribution is -2.58. The summed E-state index contributed by atoms with van der Waals surface area (Å²) >= 11 is 0. The summed E-state index contributed by atoms with van der Waals surface area (Å²) in [7, 11) is 4.87. The molecule has 0 bridgehead atoms. The summed E-state index contributed by atoms with van der Waals surface area (Å²) in [5, 5.41) is 5.81. The summed E-state index contributed by atoms with van der Waals surface area (Å²) in [6.07, 6.45) is 2.91. The van der Waals surface area contributed by atoms with Crippen molar-refractivity contribution in [3.8, 4) is 17.2 Å². The highest BCUT2D eigenvalue weighted by Gasteiger charge is 2.47. The van der Waals surface area contributed by atoms with Crippen LogP contribution in [0.25, 0.3) is 21.8 Å². The zero-order chi connectivity index (χ0) is 26.4. The SMILES string of the molecule is COc1cc(OC)c(C[C@@]2(c3c[nH]c4ccccc34)N[C@@H](C(N)=O)Cc3c2[nH]c2ccccc32)c(OC)c1. The van der Waals surface area contributed by atoms with Crippen LogP contribution in [0.15, 0.2) is 66.9 Å². The van der Waals surface area contributed by atoms with Gasteiger partial charge in [-0.25, -0.2) is 0 Å². The second-order valence-electron chi connectivity index (χ2n) is 9.67. The first-order valence-electron chi connectivity index (χ1n) is 12.5. The van der Waals surface area contributed by atoms with Gasteiger partial charge in [0.2, 0.25) is 5.91 Å². The van der Waals surface area contributed by atoms with Crippen molar-refractivity contribution in [2.24, 2.45) is 5.73 Å². The zero-order valence-corrected chi connectivity index (χ0v) is 21.6. The number of methoxy groups -OCH3 is 3. The second kappa shape index (κ2) is 9.15. The predicted molar refractivity (Wildman–Crippen MR) is 147 cm³/mol. The van der Waals surface area contributed by atoms with Crippen LogP contribution in [-0.4, -0.2) is 43.2 Å². The molecule has 3 heterocycles. The van der Waals surface area contributed by atoms with Gasteiger partial charge in [-0.1, -0.05) is 36.4 Å². The number of primary amides is 1. The minimum atomic E-state index is -0.874. The van der Waals surface area contributed by atoms with Gasteiger partial charge >= 0.3 is 0 Å². The molecule has 1 aliphatic rings. The summed E-state index contributed by atoms with van der Waals surface area (Å²) in [6, 6.07) is 19.4. The van der Waals surface area contributed by atoms with E-state index in [0.717, 1.165) is 44.2 Å². The van der Waals surface area contributed by atoms with Crippen molar-refractivity contribution >= 4 is 27.7 Å². The highest BCUT2D eigenvalue weighted by molar-refractivity contribution is 5.91. The van der Waals surface area contributed by atoms with E-state index < -0.39 is 17.5 Å². The molecule has 3 aromatic carbocycles. The van der Waals surface area contributed by atoms with E-state index in [0.29, 0.717) is 30.1 Å². The molecule has 38 heavy (non-hydrogen) atoms. The number of carbonyl (C=O) groups excluding carboxylic acids is 1. The van der Waals surface area contributed by atoms with Gasteiger partial charge in [-0.2, -0.15) is 0 Å². The van der Waals surface area contributed by atoms with Crippen LogP contribution in [0, 0.1) is 0 Å². The Hall–Kier alpha value is -4.43. The number of benzene rings is 3. The Labute approximate surface area is 220 Å². The van der Waals surface area contributed by atoms with E-state index in [2.05, 4.69) is 33.5 Å². The molecule has 1 amide bonds. The predicted octanol–water partition coefficient (Wildman–Crippen LogP) is 4.16. The molecule has 5 aromatic rings. The normalized spacial score (nSPS) is 18.9. The van der Waals surface area contributed by atoms with Crippen LogP contribution in [0.3, 0.4) is 0 Å². The average molecular weight is 511 g/mol. The molecule has 2 atom stereocenters. The van der Waals surface area contributed by atoms with Gasteiger partial charge in [0.25, 0.3) is 0 Å².